The summed E-state index contributed by atoms with van der Waals surface area (Å²) in [6.07, 6.45) is 0. The summed E-state index contributed by atoms with van der Waals surface area (Å²) in [6, 6.07) is 7.06. The zero-order chi connectivity index (χ0) is 12.3. The molecule has 0 aliphatic heterocycles. The van der Waals surface area contributed by atoms with Crippen LogP contribution in [0.15, 0.2) is 29.2 Å². The molecular weight excluding hydrogens is 220 g/mol. The van der Waals surface area contributed by atoms with Gasteiger partial charge in [0.15, 0.2) is 9.84 Å². The molecular formula is C13H20O2S. The molecule has 0 aliphatic rings. The Kier molecular flexibility index (Phi) is 4.14. The molecule has 0 saturated carbocycles. The lowest BCUT2D eigenvalue weighted by Crippen LogP contribution is -2.18. The van der Waals surface area contributed by atoms with Crippen LogP contribution in [-0.2, 0) is 9.84 Å². The molecule has 0 radical (unpaired) electrons. The molecule has 3 heteroatoms. The molecule has 0 N–H and O–H groups in total. The minimum atomic E-state index is -3.12. The molecule has 0 spiro atoms. The Morgan fingerprint density at radius 1 is 1.06 bits per heavy atom. The predicted molar refractivity (Wildman–Crippen MR) is 67.2 cm³/mol. The molecule has 1 rings (SSSR count). The molecule has 0 bridgehead atoms. The maximum absolute atomic E-state index is 12.1. The Balaban J connectivity index is 2.90. The van der Waals surface area contributed by atoms with E-state index in [2.05, 4.69) is 13.8 Å². The van der Waals surface area contributed by atoms with Crippen LogP contribution in [0.2, 0.25) is 0 Å². The average Bonchev–Trinajstić information content (AvgIpc) is 2.17. The van der Waals surface area contributed by atoms with Gasteiger partial charge in [-0.2, -0.15) is 0 Å². The number of benzene rings is 1. The highest BCUT2D eigenvalue weighted by molar-refractivity contribution is 7.91. The van der Waals surface area contributed by atoms with E-state index in [1.807, 2.05) is 26.0 Å². The first kappa shape index (κ1) is 13.2. The van der Waals surface area contributed by atoms with Gasteiger partial charge >= 0.3 is 0 Å². The van der Waals surface area contributed by atoms with Crippen molar-refractivity contribution in [2.45, 2.75) is 32.6 Å². The predicted octanol–water partition coefficient (Wildman–Crippen LogP) is 3.06. The van der Waals surface area contributed by atoms with Crippen LogP contribution in [0.1, 0.15) is 26.3 Å². The van der Waals surface area contributed by atoms with Crippen molar-refractivity contribution in [1.29, 1.82) is 0 Å². The fraction of sp³-hybridized carbons (Fsp3) is 0.538. The molecule has 1 atom stereocenters. The summed E-state index contributed by atoms with van der Waals surface area (Å²) >= 11 is 0. The Bertz CT molecular complexity index is 430. The Morgan fingerprint density at radius 3 is 2.00 bits per heavy atom. The second-order valence-corrected chi connectivity index (χ2v) is 6.85. The molecule has 0 aromatic heterocycles. The summed E-state index contributed by atoms with van der Waals surface area (Å²) in [7, 11) is -3.12. The highest BCUT2D eigenvalue weighted by Gasteiger charge is 2.20. The van der Waals surface area contributed by atoms with Crippen LogP contribution in [0.5, 0.6) is 0 Å². The van der Waals surface area contributed by atoms with Crippen LogP contribution in [0.3, 0.4) is 0 Å². The molecule has 0 heterocycles. The summed E-state index contributed by atoms with van der Waals surface area (Å²) in [4.78, 5) is 0.436. The first-order valence-corrected chi connectivity index (χ1v) is 7.27. The van der Waals surface area contributed by atoms with Crippen LogP contribution in [0, 0.1) is 18.8 Å². The highest BCUT2D eigenvalue weighted by Crippen LogP contribution is 2.19. The van der Waals surface area contributed by atoms with E-state index in [0.29, 0.717) is 10.8 Å². The molecule has 0 saturated heterocycles. The third kappa shape index (κ3) is 3.34. The van der Waals surface area contributed by atoms with Gasteiger partial charge in [0.05, 0.1) is 10.6 Å². The van der Waals surface area contributed by atoms with E-state index in [9.17, 15) is 8.42 Å². The van der Waals surface area contributed by atoms with Gasteiger partial charge in [0.1, 0.15) is 0 Å². The molecule has 2 nitrogen and oxygen atoms in total. The monoisotopic (exact) mass is 240 g/mol. The van der Waals surface area contributed by atoms with Gasteiger partial charge in [0.2, 0.25) is 0 Å². The van der Waals surface area contributed by atoms with E-state index >= 15 is 0 Å². The van der Waals surface area contributed by atoms with Crippen LogP contribution in [-0.4, -0.2) is 14.2 Å². The second kappa shape index (κ2) is 5.00. The minimum absolute atomic E-state index is 0.186. The van der Waals surface area contributed by atoms with E-state index < -0.39 is 9.84 Å². The van der Waals surface area contributed by atoms with Crippen molar-refractivity contribution in [2.24, 2.45) is 11.8 Å². The highest BCUT2D eigenvalue weighted by atomic mass is 32.2. The van der Waals surface area contributed by atoms with Crippen LogP contribution >= 0.6 is 0 Å². The summed E-state index contributed by atoms with van der Waals surface area (Å²) < 4.78 is 24.1. The molecule has 0 amide bonds. The van der Waals surface area contributed by atoms with Crippen molar-refractivity contribution in [3.63, 3.8) is 0 Å². The second-order valence-electron chi connectivity index (χ2n) is 4.82. The van der Waals surface area contributed by atoms with E-state index in [0.717, 1.165) is 5.56 Å². The maximum atomic E-state index is 12.1. The van der Waals surface area contributed by atoms with Gasteiger partial charge in [0.25, 0.3) is 0 Å². The minimum Gasteiger partial charge on any atom is -0.224 e. The molecule has 1 aromatic carbocycles. The van der Waals surface area contributed by atoms with Gasteiger partial charge < -0.3 is 0 Å². The number of hydrogen-bond donors (Lipinski definition) is 0. The zero-order valence-electron chi connectivity index (χ0n) is 10.4. The van der Waals surface area contributed by atoms with Gasteiger partial charge in [-0.25, -0.2) is 8.42 Å². The molecule has 1 aromatic rings. The van der Waals surface area contributed by atoms with E-state index in [1.54, 1.807) is 12.1 Å². The summed E-state index contributed by atoms with van der Waals surface area (Å²) in [5.41, 5.74) is 1.08. The SMILES string of the molecule is Cc1ccc(S(=O)(=O)CC(C)C(C)C)cc1. The number of rotatable bonds is 4. The summed E-state index contributed by atoms with van der Waals surface area (Å²) in [5, 5.41) is 0. The number of sulfone groups is 1. The lowest BCUT2D eigenvalue weighted by Gasteiger charge is -2.15. The average molecular weight is 240 g/mol. The van der Waals surface area contributed by atoms with Gasteiger partial charge in [-0.1, -0.05) is 38.5 Å². The van der Waals surface area contributed by atoms with Crippen LogP contribution in [0.4, 0.5) is 0 Å². The van der Waals surface area contributed by atoms with Gasteiger partial charge in [-0.3, -0.25) is 0 Å². The van der Waals surface area contributed by atoms with Crippen LogP contribution in [0.25, 0.3) is 0 Å². The number of hydrogen-bond acceptors (Lipinski definition) is 2. The topological polar surface area (TPSA) is 34.1 Å². The normalized spacial score (nSPS) is 14.1. The first-order valence-electron chi connectivity index (χ1n) is 5.62. The van der Waals surface area contributed by atoms with E-state index in [-0.39, 0.29) is 11.7 Å². The largest absolute Gasteiger partial charge is 0.224 e. The fourth-order valence-corrected chi connectivity index (χ4v) is 3.20. The molecule has 1 unspecified atom stereocenters. The molecule has 16 heavy (non-hydrogen) atoms. The Morgan fingerprint density at radius 2 is 1.56 bits per heavy atom. The summed E-state index contributed by atoms with van der Waals surface area (Å²) in [5.74, 6) is 0.805. The van der Waals surface area contributed by atoms with E-state index in [4.69, 9.17) is 0 Å². The third-order valence-corrected chi connectivity index (χ3v) is 4.96. The lowest BCUT2D eigenvalue weighted by molar-refractivity contribution is 0.452. The van der Waals surface area contributed by atoms with Crippen LogP contribution < -0.4 is 0 Å². The van der Waals surface area contributed by atoms with Crippen molar-refractivity contribution in [1.82, 2.24) is 0 Å². The fourth-order valence-electron chi connectivity index (χ4n) is 1.38. The van der Waals surface area contributed by atoms with Crippen molar-refractivity contribution >= 4 is 9.84 Å². The first-order chi connectivity index (χ1) is 7.33. The van der Waals surface area contributed by atoms with Gasteiger partial charge in [0, 0.05) is 0 Å². The van der Waals surface area contributed by atoms with Crippen molar-refractivity contribution < 1.29 is 8.42 Å². The quantitative estimate of drug-likeness (QED) is 0.810. The van der Waals surface area contributed by atoms with Crippen molar-refractivity contribution in [3.8, 4) is 0 Å². The molecule has 90 valence electrons. The summed E-state index contributed by atoms with van der Waals surface area (Å²) in [6.45, 7) is 8.04. The third-order valence-electron chi connectivity index (χ3n) is 3.00. The van der Waals surface area contributed by atoms with Crippen molar-refractivity contribution in [2.75, 3.05) is 5.75 Å². The zero-order valence-corrected chi connectivity index (χ0v) is 11.2. The van der Waals surface area contributed by atoms with Gasteiger partial charge in [-0.15, -0.1) is 0 Å². The smallest absolute Gasteiger partial charge is 0.178 e. The maximum Gasteiger partial charge on any atom is 0.178 e. The standard InChI is InChI=1S/C13H20O2S/c1-10(2)12(4)9-16(14,15)13-7-5-11(3)6-8-13/h5-8,10,12H,9H2,1-4H3. The Hall–Kier alpha value is -0.830. The van der Waals surface area contributed by atoms with E-state index in [1.165, 1.54) is 0 Å². The van der Waals surface area contributed by atoms with Crippen molar-refractivity contribution in [3.05, 3.63) is 29.8 Å². The number of aryl methyl sites for hydroxylation is 1. The molecule has 0 aliphatic carbocycles. The molecule has 0 fully saturated rings. The lowest BCUT2D eigenvalue weighted by atomic mass is 10.0. The Labute approximate surface area is 98.6 Å². The van der Waals surface area contributed by atoms with Gasteiger partial charge in [-0.05, 0) is 30.9 Å².